The molecular weight excluding hydrogens is 331 g/mol. The fraction of sp³-hybridized carbons (Fsp3) is 0.133. The van der Waals surface area contributed by atoms with E-state index >= 15 is 0 Å². The Labute approximate surface area is 134 Å². The molecule has 0 unspecified atom stereocenters. The summed E-state index contributed by atoms with van der Waals surface area (Å²) in [6.45, 7) is 5.75. The maximum atomic E-state index is 12.7. The monoisotopic (exact) mass is 343 g/mol. The van der Waals surface area contributed by atoms with Crippen LogP contribution >= 0.6 is 0 Å². The second-order valence-electron chi connectivity index (χ2n) is 4.16. The van der Waals surface area contributed by atoms with Crippen molar-refractivity contribution in [3.63, 3.8) is 0 Å². The minimum Gasteiger partial charge on any atom is -0.441 e. The Kier molecular flexibility index (Phi) is 6.28. The molecule has 0 atom stereocenters. The van der Waals surface area contributed by atoms with E-state index in [1.807, 2.05) is 0 Å². The fourth-order valence-corrected chi connectivity index (χ4v) is 1.42. The molecule has 1 aromatic rings. The van der Waals surface area contributed by atoms with E-state index < -0.39 is 47.6 Å². The van der Waals surface area contributed by atoms with Crippen LogP contribution in [0.5, 0.6) is 5.75 Å². The van der Waals surface area contributed by atoms with Crippen LogP contribution in [0.4, 0.5) is 13.2 Å². The molecule has 0 aliphatic carbocycles. The van der Waals surface area contributed by atoms with Crippen LogP contribution in [0, 0.1) is 0 Å². The molecule has 0 spiro atoms. The number of hydrogen-bond acceptors (Lipinski definition) is 5. The molecule has 0 aromatic heterocycles. The lowest BCUT2D eigenvalue weighted by Crippen LogP contribution is -2.26. The molecule has 1 rings (SSSR count). The Bertz CT molecular complexity index is 682. The summed E-state index contributed by atoms with van der Waals surface area (Å²) in [6.07, 6.45) is -3.04. The molecule has 0 saturated heterocycles. The number of rotatable bonds is 6. The van der Waals surface area contributed by atoms with E-state index in [1.165, 1.54) is 0 Å². The van der Waals surface area contributed by atoms with Crippen LogP contribution in [-0.4, -0.2) is 24.6 Å². The first kappa shape index (κ1) is 18.9. The van der Waals surface area contributed by atoms with E-state index in [4.69, 9.17) is 0 Å². The fourth-order valence-electron chi connectivity index (χ4n) is 1.42. The van der Waals surface area contributed by atoms with Gasteiger partial charge in [-0.25, -0.2) is 9.59 Å². The van der Waals surface area contributed by atoms with Crippen LogP contribution in [0.3, 0.4) is 0 Å². The first-order valence-electron chi connectivity index (χ1n) is 6.32. The predicted molar refractivity (Wildman–Crippen MR) is 75.9 cm³/mol. The topological polar surface area (TPSA) is 81.7 Å². The van der Waals surface area contributed by atoms with Crippen LogP contribution in [0.1, 0.15) is 15.9 Å². The lowest BCUT2D eigenvalue weighted by molar-refractivity contribution is -0.138. The van der Waals surface area contributed by atoms with Crippen molar-refractivity contribution in [3.8, 4) is 5.75 Å². The van der Waals surface area contributed by atoms with Crippen molar-refractivity contribution in [1.29, 1.82) is 0 Å². The van der Waals surface area contributed by atoms with Crippen molar-refractivity contribution in [2.24, 2.45) is 0 Å². The molecule has 0 bridgehead atoms. The van der Waals surface area contributed by atoms with Gasteiger partial charge in [-0.15, -0.1) is 0 Å². The summed E-state index contributed by atoms with van der Waals surface area (Å²) < 4.78 is 47.5. The molecule has 0 saturated carbocycles. The molecule has 1 amide bonds. The predicted octanol–water partition coefficient (Wildman–Crippen LogP) is 2.21. The molecular formula is C15H12F3NO5. The van der Waals surface area contributed by atoms with Crippen molar-refractivity contribution >= 4 is 17.8 Å². The Balaban J connectivity index is 3.04. The van der Waals surface area contributed by atoms with E-state index in [1.54, 1.807) is 0 Å². The first-order valence-corrected chi connectivity index (χ1v) is 6.32. The molecule has 1 aromatic carbocycles. The van der Waals surface area contributed by atoms with Crippen molar-refractivity contribution in [3.05, 3.63) is 54.6 Å². The molecule has 128 valence electrons. The van der Waals surface area contributed by atoms with E-state index in [-0.39, 0.29) is 0 Å². The molecule has 0 aliphatic heterocycles. The molecule has 0 heterocycles. The highest BCUT2D eigenvalue weighted by Gasteiger charge is 2.32. The van der Waals surface area contributed by atoms with Crippen LogP contribution in [0.2, 0.25) is 0 Å². The Morgan fingerprint density at radius 3 is 2.38 bits per heavy atom. The summed E-state index contributed by atoms with van der Waals surface area (Å²) in [4.78, 5) is 34.0. The van der Waals surface area contributed by atoms with E-state index in [2.05, 4.69) is 27.9 Å². The van der Waals surface area contributed by atoms with Crippen LogP contribution < -0.4 is 10.1 Å². The van der Waals surface area contributed by atoms with Crippen molar-refractivity contribution in [2.45, 2.75) is 6.18 Å². The van der Waals surface area contributed by atoms with Crippen LogP contribution in [0.25, 0.3) is 0 Å². The summed E-state index contributed by atoms with van der Waals surface area (Å²) in [5.74, 6) is -3.41. The number of nitrogens with one attached hydrogen (secondary N) is 1. The van der Waals surface area contributed by atoms with Gasteiger partial charge in [0.05, 0.1) is 5.56 Å². The maximum absolute atomic E-state index is 12.7. The van der Waals surface area contributed by atoms with Gasteiger partial charge >= 0.3 is 18.1 Å². The quantitative estimate of drug-likeness (QED) is 0.371. The number of hydrogen-bond donors (Lipinski definition) is 1. The SMILES string of the molecule is C=CC(=O)NCOC(=O)c1ccc(C(F)(F)F)cc1OC(=O)C=C. The van der Waals surface area contributed by atoms with Gasteiger partial charge in [-0.2, -0.15) is 13.2 Å². The summed E-state index contributed by atoms with van der Waals surface area (Å²) >= 11 is 0. The third-order valence-corrected chi connectivity index (χ3v) is 2.54. The van der Waals surface area contributed by atoms with Gasteiger partial charge in [-0.3, -0.25) is 4.79 Å². The molecule has 6 nitrogen and oxygen atoms in total. The highest BCUT2D eigenvalue weighted by molar-refractivity contribution is 5.94. The van der Waals surface area contributed by atoms with Gasteiger partial charge in [0.15, 0.2) is 6.73 Å². The largest absolute Gasteiger partial charge is 0.441 e. The lowest BCUT2D eigenvalue weighted by Gasteiger charge is -2.12. The van der Waals surface area contributed by atoms with E-state index in [0.29, 0.717) is 12.1 Å². The summed E-state index contributed by atoms with van der Waals surface area (Å²) in [6, 6.07) is 1.91. The van der Waals surface area contributed by atoms with Gasteiger partial charge < -0.3 is 14.8 Å². The minimum absolute atomic E-state index is 0.425. The zero-order valence-electron chi connectivity index (χ0n) is 12.2. The highest BCUT2D eigenvalue weighted by Crippen LogP contribution is 2.33. The van der Waals surface area contributed by atoms with Gasteiger partial charge in [-0.1, -0.05) is 13.2 Å². The van der Waals surface area contributed by atoms with Crippen LogP contribution in [0.15, 0.2) is 43.5 Å². The van der Waals surface area contributed by atoms with Crippen LogP contribution in [-0.2, 0) is 20.5 Å². The number of benzene rings is 1. The normalized spacial score (nSPS) is 10.5. The summed E-state index contributed by atoms with van der Waals surface area (Å²) in [5.41, 5.74) is -1.54. The van der Waals surface area contributed by atoms with Crippen molar-refractivity contribution < 1.29 is 37.0 Å². The molecule has 0 aliphatic rings. The van der Waals surface area contributed by atoms with Crippen molar-refractivity contribution in [2.75, 3.05) is 6.73 Å². The van der Waals surface area contributed by atoms with Gasteiger partial charge in [0.25, 0.3) is 0 Å². The molecule has 9 heteroatoms. The average Bonchev–Trinajstić information content (AvgIpc) is 2.53. The number of ether oxygens (including phenoxy) is 2. The number of halogens is 3. The van der Waals surface area contributed by atoms with E-state index in [9.17, 15) is 27.6 Å². The third-order valence-electron chi connectivity index (χ3n) is 2.54. The Hall–Kier alpha value is -3.10. The molecule has 0 fully saturated rings. The summed E-state index contributed by atoms with van der Waals surface area (Å²) in [7, 11) is 0. The van der Waals surface area contributed by atoms with Gasteiger partial charge in [-0.05, 0) is 24.3 Å². The molecule has 24 heavy (non-hydrogen) atoms. The third kappa shape index (κ3) is 5.27. The maximum Gasteiger partial charge on any atom is 0.416 e. The minimum atomic E-state index is -4.70. The second kappa shape index (κ2) is 7.95. The average molecular weight is 343 g/mol. The number of esters is 2. The van der Waals surface area contributed by atoms with E-state index in [0.717, 1.165) is 18.2 Å². The lowest BCUT2D eigenvalue weighted by atomic mass is 10.1. The zero-order chi connectivity index (χ0) is 18.3. The van der Waals surface area contributed by atoms with Gasteiger partial charge in [0.2, 0.25) is 5.91 Å². The molecule has 0 radical (unpaired) electrons. The summed E-state index contributed by atoms with van der Waals surface area (Å²) in [5, 5.41) is 2.14. The standard InChI is InChI=1S/C15H12F3NO5/c1-3-12(20)19-8-23-14(22)10-6-5-9(15(16,17)18)7-11(10)24-13(21)4-2/h3-7H,1-2,8H2,(H,19,20). The Morgan fingerprint density at radius 2 is 1.83 bits per heavy atom. The number of carbonyl (C=O) groups is 3. The highest BCUT2D eigenvalue weighted by atomic mass is 19.4. The number of carbonyl (C=O) groups excluding carboxylic acids is 3. The second-order valence-corrected chi connectivity index (χ2v) is 4.16. The molecule has 1 N–H and O–H groups in total. The van der Waals surface area contributed by atoms with Gasteiger partial charge in [0, 0.05) is 6.08 Å². The number of amides is 1. The first-order chi connectivity index (χ1) is 11.2. The van der Waals surface area contributed by atoms with Crippen molar-refractivity contribution in [1.82, 2.24) is 5.32 Å². The van der Waals surface area contributed by atoms with Gasteiger partial charge in [0.1, 0.15) is 11.3 Å². The Morgan fingerprint density at radius 1 is 1.17 bits per heavy atom. The smallest absolute Gasteiger partial charge is 0.416 e. The number of alkyl halides is 3. The zero-order valence-corrected chi connectivity index (χ0v) is 12.2.